The number of amides is 1. The smallest absolute Gasteiger partial charge is 0.228 e. The highest BCUT2D eigenvalue weighted by molar-refractivity contribution is 7.22. The summed E-state index contributed by atoms with van der Waals surface area (Å²) in [7, 11) is 0. The Labute approximate surface area is 220 Å². The number of hydrogen-bond donors (Lipinski definition) is 1. The monoisotopic (exact) mass is 523 g/mol. The predicted molar refractivity (Wildman–Crippen MR) is 150 cm³/mol. The van der Waals surface area contributed by atoms with Gasteiger partial charge in [-0.3, -0.25) is 9.69 Å². The summed E-state index contributed by atoms with van der Waals surface area (Å²) in [5.74, 6) is 0.340. The van der Waals surface area contributed by atoms with E-state index in [-0.39, 0.29) is 24.2 Å². The van der Waals surface area contributed by atoms with Crippen molar-refractivity contribution in [3.8, 4) is 10.6 Å². The first-order valence-corrected chi connectivity index (χ1v) is 14.0. The van der Waals surface area contributed by atoms with Crippen LogP contribution in [0.5, 0.6) is 0 Å². The number of thiazole rings is 1. The Balaban J connectivity index is 0.00000253. The number of thiophene rings is 1. The number of rotatable bonds is 5. The zero-order valence-electron chi connectivity index (χ0n) is 19.7. The lowest BCUT2D eigenvalue weighted by Gasteiger charge is -2.27. The molecule has 1 saturated carbocycles. The van der Waals surface area contributed by atoms with E-state index in [1.165, 1.54) is 32.7 Å². The number of nitrogens with one attached hydrogen (secondary N) is 1. The van der Waals surface area contributed by atoms with Crippen LogP contribution in [-0.4, -0.2) is 22.3 Å². The molecule has 4 nitrogen and oxygen atoms in total. The van der Waals surface area contributed by atoms with Crippen LogP contribution in [0.15, 0.2) is 54.6 Å². The molecule has 0 radical (unpaired) electrons. The molecular weight excluding hydrogens is 494 g/mol. The molecule has 1 aliphatic carbocycles. The molecule has 7 heteroatoms. The van der Waals surface area contributed by atoms with E-state index >= 15 is 0 Å². The lowest BCUT2D eigenvalue weighted by atomic mass is 9.88. The highest BCUT2D eigenvalue weighted by atomic mass is 35.5. The van der Waals surface area contributed by atoms with Crippen LogP contribution in [0.2, 0.25) is 0 Å². The van der Waals surface area contributed by atoms with E-state index in [2.05, 4.69) is 58.7 Å². The molecule has 3 heterocycles. The summed E-state index contributed by atoms with van der Waals surface area (Å²) < 4.78 is 1.20. The van der Waals surface area contributed by atoms with E-state index in [1.807, 2.05) is 6.07 Å². The van der Waals surface area contributed by atoms with Crippen LogP contribution < -0.4 is 5.32 Å². The third-order valence-electron chi connectivity index (χ3n) is 7.11. The van der Waals surface area contributed by atoms with Crippen LogP contribution >= 0.6 is 35.1 Å². The second kappa shape index (κ2) is 10.8. The minimum absolute atomic E-state index is 0. The number of halogens is 1. The van der Waals surface area contributed by atoms with Gasteiger partial charge in [-0.25, -0.2) is 4.98 Å². The zero-order chi connectivity index (χ0) is 22.9. The fourth-order valence-electron chi connectivity index (χ4n) is 5.31. The average molecular weight is 524 g/mol. The molecule has 6 rings (SSSR count). The van der Waals surface area contributed by atoms with Crippen molar-refractivity contribution in [2.45, 2.75) is 51.6 Å². The quantitative estimate of drug-likeness (QED) is 0.294. The third-order valence-corrected chi connectivity index (χ3v) is 9.29. The topological polar surface area (TPSA) is 45.2 Å². The summed E-state index contributed by atoms with van der Waals surface area (Å²) >= 11 is 3.51. The number of carbonyl (C=O) groups excluding carboxylic acids is 1. The van der Waals surface area contributed by atoms with Gasteiger partial charge in [0.05, 0.1) is 10.2 Å². The summed E-state index contributed by atoms with van der Waals surface area (Å²) in [5.41, 5.74) is 4.94. The van der Waals surface area contributed by atoms with Crippen molar-refractivity contribution in [3.05, 3.63) is 70.6 Å². The first kappa shape index (κ1) is 24.4. The Hall–Kier alpha value is -2.25. The van der Waals surface area contributed by atoms with Crippen LogP contribution in [0, 0.1) is 5.92 Å². The Bertz CT molecular complexity index is 1280. The van der Waals surface area contributed by atoms with Crippen LogP contribution in [0.25, 0.3) is 20.8 Å². The van der Waals surface area contributed by atoms with Crippen molar-refractivity contribution < 1.29 is 4.79 Å². The second-order valence-corrected chi connectivity index (χ2v) is 11.6. The number of anilines is 1. The molecule has 2 aliphatic rings. The highest BCUT2D eigenvalue weighted by Crippen LogP contribution is 2.46. The van der Waals surface area contributed by atoms with E-state index in [0.717, 1.165) is 67.3 Å². The van der Waals surface area contributed by atoms with Gasteiger partial charge >= 0.3 is 0 Å². The van der Waals surface area contributed by atoms with E-state index in [4.69, 9.17) is 4.98 Å². The van der Waals surface area contributed by atoms with Crippen LogP contribution in [-0.2, 0) is 24.3 Å². The van der Waals surface area contributed by atoms with Crippen LogP contribution in [0.1, 0.15) is 48.1 Å². The number of benzene rings is 2. The molecular formula is C28H30ClN3OS2. The summed E-state index contributed by atoms with van der Waals surface area (Å²) in [6.07, 6.45) is 6.60. The largest absolute Gasteiger partial charge is 0.317 e. The molecule has 1 fully saturated rings. The molecule has 1 aliphatic heterocycles. The first-order chi connectivity index (χ1) is 16.7. The first-order valence-electron chi connectivity index (χ1n) is 12.3. The molecule has 4 aromatic rings. The third kappa shape index (κ3) is 5.17. The van der Waals surface area contributed by atoms with Gasteiger partial charge < -0.3 is 5.32 Å². The van der Waals surface area contributed by atoms with E-state index in [1.54, 1.807) is 22.7 Å². The SMILES string of the molecule is Cl.O=C(Nc1sc2c(c1-c1nc3ccccc3s1)CCN(Cc1ccccc1)C2)C1CCCCC1. The van der Waals surface area contributed by atoms with Crippen molar-refractivity contribution in [1.82, 2.24) is 9.88 Å². The van der Waals surface area contributed by atoms with E-state index in [9.17, 15) is 4.79 Å². The van der Waals surface area contributed by atoms with E-state index in [0.29, 0.717) is 0 Å². The van der Waals surface area contributed by atoms with Gasteiger partial charge in [0, 0.05) is 36.0 Å². The lowest BCUT2D eigenvalue weighted by Crippen LogP contribution is -2.29. The Morgan fingerprint density at radius 3 is 2.57 bits per heavy atom. The maximum Gasteiger partial charge on any atom is 0.228 e. The van der Waals surface area contributed by atoms with Crippen molar-refractivity contribution >= 4 is 56.2 Å². The number of nitrogens with zero attached hydrogens (tertiary/aromatic N) is 2. The maximum atomic E-state index is 13.2. The summed E-state index contributed by atoms with van der Waals surface area (Å²) in [6.45, 7) is 2.90. The number of para-hydroxylation sites is 1. The van der Waals surface area contributed by atoms with Gasteiger partial charge in [0.15, 0.2) is 0 Å². The standard InChI is InChI=1S/C28H29N3OS2.ClH/c32-26(20-11-5-2-6-12-20)30-28-25(27-29-22-13-7-8-14-23(22)33-27)21-15-16-31(18-24(21)34-28)17-19-9-3-1-4-10-19;/h1,3-4,7-10,13-14,20H,2,5-6,11-12,15-18H2,(H,30,32);1H. The Morgan fingerprint density at radius 2 is 1.77 bits per heavy atom. The molecule has 1 N–H and O–H groups in total. The van der Waals surface area contributed by atoms with Gasteiger partial charge in [-0.1, -0.05) is 61.7 Å². The summed E-state index contributed by atoms with van der Waals surface area (Å²) in [6, 6.07) is 19.0. The molecule has 1 amide bonds. The number of carbonyl (C=O) groups is 1. The van der Waals surface area contributed by atoms with Gasteiger partial charge in [-0.15, -0.1) is 35.1 Å². The zero-order valence-corrected chi connectivity index (χ0v) is 22.1. The van der Waals surface area contributed by atoms with Gasteiger partial charge in [0.1, 0.15) is 10.0 Å². The molecule has 182 valence electrons. The van der Waals surface area contributed by atoms with Crippen molar-refractivity contribution in [1.29, 1.82) is 0 Å². The van der Waals surface area contributed by atoms with Gasteiger partial charge in [-0.05, 0) is 42.5 Å². The molecule has 0 spiro atoms. The van der Waals surface area contributed by atoms with Crippen molar-refractivity contribution in [2.75, 3.05) is 11.9 Å². The fraction of sp³-hybridized carbons (Fsp3) is 0.357. The highest BCUT2D eigenvalue weighted by Gasteiger charge is 2.29. The number of hydrogen-bond acceptors (Lipinski definition) is 5. The average Bonchev–Trinajstić information content (AvgIpc) is 3.45. The van der Waals surface area contributed by atoms with Gasteiger partial charge in [0.2, 0.25) is 5.91 Å². The fourth-order valence-corrected chi connectivity index (χ4v) is 7.71. The summed E-state index contributed by atoms with van der Waals surface area (Å²) in [5, 5.41) is 5.41. The number of fused-ring (bicyclic) bond motifs is 2. The number of aromatic nitrogens is 1. The lowest BCUT2D eigenvalue weighted by molar-refractivity contribution is -0.120. The normalized spacial score (nSPS) is 16.6. The second-order valence-electron chi connectivity index (χ2n) is 9.47. The van der Waals surface area contributed by atoms with Crippen LogP contribution in [0.4, 0.5) is 5.00 Å². The van der Waals surface area contributed by atoms with Gasteiger partial charge in [0.25, 0.3) is 0 Å². The van der Waals surface area contributed by atoms with Crippen LogP contribution in [0.3, 0.4) is 0 Å². The minimum atomic E-state index is 0. The van der Waals surface area contributed by atoms with Gasteiger partial charge in [-0.2, -0.15) is 0 Å². The van der Waals surface area contributed by atoms with Crippen molar-refractivity contribution in [2.24, 2.45) is 5.92 Å². The maximum absolute atomic E-state index is 13.2. The molecule has 0 atom stereocenters. The molecule has 2 aromatic heterocycles. The minimum Gasteiger partial charge on any atom is -0.317 e. The summed E-state index contributed by atoms with van der Waals surface area (Å²) in [4.78, 5) is 22.1. The Kier molecular flexibility index (Phi) is 7.54. The van der Waals surface area contributed by atoms with E-state index < -0.39 is 0 Å². The molecule has 0 bridgehead atoms. The molecule has 35 heavy (non-hydrogen) atoms. The molecule has 2 aromatic carbocycles. The molecule has 0 saturated heterocycles. The van der Waals surface area contributed by atoms with Crippen molar-refractivity contribution in [3.63, 3.8) is 0 Å². The molecule has 0 unspecified atom stereocenters. The predicted octanol–water partition coefficient (Wildman–Crippen LogP) is 7.52. The Morgan fingerprint density at radius 1 is 1.00 bits per heavy atom.